The van der Waals surface area contributed by atoms with Crippen molar-refractivity contribution in [2.75, 3.05) is 67.6 Å². The Morgan fingerprint density at radius 3 is 2.23 bits per heavy atom. The van der Waals surface area contributed by atoms with E-state index < -0.39 is 0 Å². The fourth-order valence-corrected chi connectivity index (χ4v) is 3.85. The maximum absolute atomic E-state index is 12.6. The molecule has 160 valence electrons. The third-order valence-electron chi connectivity index (χ3n) is 5.46. The molecule has 30 heavy (non-hydrogen) atoms. The summed E-state index contributed by atoms with van der Waals surface area (Å²) in [6, 6.07) is 7.48. The molecular weight excluding hydrogens is 404 g/mol. The molecule has 2 amide bonds. The predicted octanol–water partition coefficient (Wildman–Crippen LogP) is 2.94. The number of rotatable bonds is 3. The summed E-state index contributed by atoms with van der Waals surface area (Å²) in [5.74, 6) is 2.61. The maximum Gasteiger partial charge on any atom is 0.321 e. The molecule has 0 saturated carbocycles. The second kappa shape index (κ2) is 9.06. The van der Waals surface area contributed by atoms with Crippen LogP contribution in [0, 0.1) is 13.8 Å². The highest BCUT2D eigenvalue weighted by Crippen LogP contribution is 2.23. The third kappa shape index (κ3) is 4.76. The van der Waals surface area contributed by atoms with Gasteiger partial charge in [-0.25, -0.2) is 14.8 Å². The van der Waals surface area contributed by atoms with E-state index in [1.807, 2.05) is 36.9 Å². The Morgan fingerprint density at radius 2 is 1.60 bits per heavy atom. The second-order valence-electron chi connectivity index (χ2n) is 7.60. The lowest BCUT2D eigenvalue weighted by molar-refractivity contribution is 0.122. The molecular formula is C21H27ClN6O2. The lowest BCUT2D eigenvalue weighted by Gasteiger charge is -2.36. The molecule has 0 spiro atoms. The molecule has 2 aromatic rings. The number of carbonyl (C=O) groups is 1. The van der Waals surface area contributed by atoms with Crippen molar-refractivity contribution in [3.05, 3.63) is 40.7 Å². The molecule has 0 radical (unpaired) electrons. The number of ether oxygens (including phenoxy) is 1. The number of nitrogens with one attached hydrogen (secondary N) is 1. The SMILES string of the molecule is Cc1nc(N2CCOCC2)cc(N2CCN(C(=O)Nc3ccc(C)c(Cl)c3)CC2)n1. The zero-order valence-corrected chi connectivity index (χ0v) is 18.2. The van der Waals surface area contributed by atoms with E-state index in [1.165, 1.54) is 0 Å². The first-order chi connectivity index (χ1) is 14.5. The van der Waals surface area contributed by atoms with Gasteiger partial charge in [0, 0.05) is 56.0 Å². The van der Waals surface area contributed by atoms with Crippen molar-refractivity contribution in [1.29, 1.82) is 0 Å². The smallest absolute Gasteiger partial charge is 0.321 e. The van der Waals surface area contributed by atoms with Crippen LogP contribution in [-0.4, -0.2) is 73.4 Å². The average molecular weight is 431 g/mol. The molecule has 4 rings (SSSR count). The van der Waals surface area contributed by atoms with Gasteiger partial charge in [-0.1, -0.05) is 17.7 Å². The molecule has 0 aliphatic carbocycles. The summed E-state index contributed by atoms with van der Waals surface area (Å²) in [6.45, 7) is 9.68. The molecule has 2 aliphatic heterocycles. The highest BCUT2D eigenvalue weighted by molar-refractivity contribution is 6.31. The van der Waals surface area contributed by atoms with E-state index in [1.54, 1.807) is 6.07 Å². The number of anilines is 3. The molecule has 1 aromatic heterocycles. The zero-order valence-electron chi connectivity index (χ0n) is 17.4. The first kappa shape index (κ1) is 20.7. The van der Waals surface area contributed by atoms with Gasteiger partial charge in [0.2, 0.25) is 0 Å². The molecule has 3 heterocycles. The number of carbonyl (C=O) groups excluding carboxylic acids is 1. The summed E-state index contributed by atoms with van der Waals surface area (Å²) in [5, 5.41) is 3.58. The first-order valence-corrected chi connectivity index (χ1v) is 10.6. The van der Waals surface area contributed by atoms with Crippen LogP contribution in [0.15, 0.2) is 24.3 Å². The highest BCUT2D eigenvalue weighted by atomic mass is 35.5. The van der Waals surface area contributed by atoms with Crippen LogP contribution in [0.3, 0.4) is 0 Å². The van der Waals surface area contributed by atoms with Crippen molar-refractivity contribution in [3.63, 3.8) is 0 Å². The molecule has 8 nitrogen and oxygen atoms in total. The van der Waals surface area contributed by atoms with Crippen molar-refractivity contribution < 1.29 is 9.53 Å². The highest BCUT2D eigenvalue weighted by Gasteiger charge is 2.23. The molecule has 1 aromatic carbocycles. The number of urea groups is 1. The molecule has 1 N–H and O–H groups in total. The zero-order chi connectivity index (χ0) is 21.1. The van der Waals surface area contributed by atoms with E-state index in [4.69, 9.17) is 16.3 Å². The van der Waals surface area contributed by atoms with Crippen LogP contribution >= 0.6 is 11.6 Å². The van der Waals surface area contributed by atoms with Crippen LogP contribution in [0.25, 0.3) is 0 Å². The van der Waals surface area contributed by atoms with Crippen molar-refractivity contribution in [3.8, 4) is 0 Å². The van der Waals surface area contributed by atoms with Crippen molar-refractivity contribution in [1.82, 2.24) is 14.9 Å². The quantitative estimate of drug-likeness (QED) is 0.807. The van der Waals surface area contributed by atoms with Crippen LogP contribution in [0.4, 0.5) is 22.1 Å². The minimum absolute atomic E-state index is 0.109. The minimum atomic E-state index is -0.109. The Balaban J connectivity index is 1.37. The fraction of sp³-hybridized carbons (Fsp3) is 0.476. The maximum atomic E-state index is 12.6. The summed E-state index contributed by atoms with van der Waals surface area (Å²) in [7, 11) is 0. The van der Waals surface area contributed by atoms with Crippen LogP contribution in [0.1, 0.15) is 11.4 Å². The molecule has 2 aliphatic rings. The van der Waals surface area contributed by atoms with E-state index in [9.17, 15) is 4.79 Å². The van der Waals surface area contributed by atoms with E-state index in [0.717, 1.165) is 62.4 Å². The number of morpholine rings is 1. The monoisotopic (exact) mass is 430 g/mol. The Kier molecular flexibility index (Phi) is 6.24. The molecule has 2 fully saturated rings. The topological polar surface area (TPSA) is 73.8 Å². The van der Waals surface area contributed by atoms with Gasteiger partial charge in [-0.3, -0.25) is 0 Å². The number of benzene rings is 1. The summed E-state index contributed by atoms with van der Waals surface area (Å²) in [4.78, 5) is 28.1. The molecule has 0 atom stereocenters. The summed E-state index contributed by atoms with van der Waals surface area (Å²) in [5.41, 5.74) is 1.69. The Hall–Kier alpha value is -2.58. The normalized spacial score (nSPS) is 17.2. The van der Waals surface area contributed by atoms with Gasteiger partial charge in [0.05, 0.1) is 13.2 Å². The average Bonchev–Trinajstić information content (AvgIpc) is 2.76. The van der Waals surface area contributed by atoms with Gasteiger partial charge < -0.3 is 24.8 Å². The van der Waals surface area contributed by atoms with Gasteiger partial charge >= 0.3 is 6.03 Å². The Bertz CT molecular complexity index is 910. The molecule has 0 unspecified atom stereocenters. The molecule has 0 bridgehead atoms. The second-order valence-corrected chi connectivity index (χ2v) is 8.01. The van der Waals surface area contributed by atoms with Crippen LogP contribution in [-0.2, 0) is 4.74 Å². The Morgan fingerprint density at radius 1 is 0.967 bits per heavy atom. The lowest BCUT2D eigenvalue weighted by Crippen LogP contribution is -2.50. The molecule has 9 heteroatoms. The molecule has 2 saturated heterocycles. The van der Waals surface area contributed by atoms with Gasteiger partial charge in [0.15, 0.2) is 0 Å². The van der Waals surface area contributed by atoms with E-state index in [-0.39, 0.29) is 6.03 Å². The minimum Gasteiger partial charge on any atom is -0.378 e. The number of halogens is 1. The summed E-state index contributed by atoms with van der Waals surface area (Å²) in [6.07, 6.45) is 0. The lowest BCUT2D eigenvalue weighted by atomic mass is 10.2. The Labute approximate surface area is 181 Å². The number of amides is 2. The third-order valence-corrected chi connectivity index (χ3v) is 5.87. The largest absolute Gasteiger partial charge is 0.378 e. The van der Waals surface area contributed by atoms with E-state index in [2.05, 4.69) is 25.1 Å². The van der Waals surface area contributed by atoms with Gasteiger partial charge in [-0.2, -0.15) is 0 Å². The van der Waals surface area contributed by atoms with E-state index in [0.29, 0.717) is 23.8 Å². The van der Waals surface area contributed by atoms with Crippen LogP contribution in [0.2, 0.25) is 5.02 Å². The van der Waals surface area contributed by atoms with Crippen LogP contribution < -0.4 is 15.1 Å². The van der Waals surface area contributed by atoms with Gasteiger partial charge in [-0.15, -0.1) is 0 Å². The number of hydrogen-bond donors (Lipinski definition) is 1. The fourth-order valence-electron chi connectivity index (χ4n) is 3.66. The predicted molar refractivity (Wildman–Crippen MR) is 119 cm³/mol. The van der Waals surface area contributed by atoms with Crippen LogP contribution in [0.5, 0.6) is 0 Å². The number of hydrogen-bond acceptors (Lipinski definition) is 6. The first-order valence-electron chi connectivity index (χ1n) is 10.2. The number of aryl methyl sites for hydroxylation is 2. The van der Waals surface area contributed by atoms with Gasteiger partial charge in [-0.05, 0) is 31.5 Å². The van der Waals surface area contributed by atoms with Crippen molar-refractivity contribution in [2.24, 2.45) is 0 Å². The van der Waals surface area contributed by atoms with Crippen molar-refractivity contribution in [2.45, 2.75) is 13.8 Å². The number of aromatic nitrogens is 2. The summed E-state index contributed by atoms with van der Waals surface area (Å²) >= 11 is 6.16. The van der Waals surface area contributed by atoms with Crippen molar-refractivity contribution >= 4 is 35.0 Å². The number of piperazine rings is 1. The van der Waals surface area contributed by atoms with Gasteiger partial charge in [0.1, 0.15) is 17.5 Å². The summed E-state index contributed by atoms with van der Waals surface area (Å²) < 4.78 is 5.44. The number of nitrogens with zero attached hydrogens (tertiary/aromatic N) is 5. The van der Waals surface area contributed by atoms with Gasteiger partial charge in [0.25, 0.3) is 0 Å². The van der Waals surface area contributed by atoms with E-state index >= 15 is 0 Å². The standard InChI is InChI=1S/C21H27ClN6O2/c1-15-3-4-17(13-18(15)22)25-21(29)28-7-5-26(6-8-28)19-14-20(24-16(2)23-19)27-9-11-30-12-10-27/h3-4,13-14H,5-12H2,1-2H3,(H,25,29).